The van der Waals surface area contributed by atoms with Gasteiger partial charge in [0.15, 0.2) is 11.5 Å². The van der Waals surface area contributed by atoms with Crippen molar-refractivity contribution >= 4 is 0 Å². The third-order valence-electron chi connectivity index (χ3n) is 4.02. The maximum atomic E-state index is 5.70. The van der Waals surface area contributed by atoms with Crippen molar-refractivity contribution in [3.05, 3.63) is 23.8 Å². The molecule has 1 N–H and O–H groups in total. The topological polar surface area (TPSA) is 39.7 Å². The van der Waals surface area contributed by atoms with Gasteiger partial charge in [-0.25, -0.2) is 0 Å². The van der Waals surface area contributed by atoms with E-state index >= 15 is 0 Å². The van der Waals surface area contributed by atoms with E-state index in [1.165, 1.54) is 12.0 Å². The van der Waals surface area contributed by atoms with Gasteiger partial charge in [0.25, 0.3) is 0 Å². The molecule has 4 heteroatoms. The number of rotatable bonds is 4. The van der Waals surface area contributed by atoms with E-state index in [-0.39, 0.29) is 0 Å². The molecular formula is C16H23NO3. The molecule has 2 aliphatic rings. The van der Waals surface area contributed by atoms with Gasteiger partial charge in [-0.1, -0.05) is 13.0 Å². The Morgan fingerprint density at radius 1 is 1.20 bits per heavy atom. The van der Waals surface area contributed by atoms with Gasteiger partial charge in [-0.15, -0.1) is 0 Å². The largest absolute Gasteiger partial charge is 0.486 e. The minimum Gasteiger partial charge on any atom is -0.486 e. The zero-order valence-electron chi connectivity index (χ0n) is 12.1. The zero-order valence-corrected chi connectivity index (χ0v) is 12.1. The Morgan fingerprint density at radius 3 is 2.80 bits per heavy atom. The first-order chi connectivity index (χ1) is 9.88. The summed E-state index contributed by atoms with van der Waals surface area (Å²) in [4.78, 5) is 0. The van der Waals surface area contributed by atoms with Crippen molar-refractivity contribution in [2.45, 2.75) is 25.8 Å². The molecule has 0 radical (unpaired) electrons. The first kappa shape index (κ1) is 13.7. The van der Waals surface area contributed by atoms with Crippen molar-refractivity contribution in [1.29, 1.82) is 0 Å². The maximum absolute atomic E-state index is 5.70. The van der Waals surface area contributed by atoms with Gasteiger partial charge in [0.05, 0.1) is 6.61 Å². The van der Waals surface area contributed by atoms with Crippen LogP contribution in [0.1, 0.15) is 31.4 Å². The van der Waals surface area contributed by atoms with Crippen molar-refractivity contribution in [2.75, 3.05) is 33.0 Å². The van der Waals surface area contributed by atoms with Gasteiger partial charge in [-0.2, -0.15) is 0 Å². The first-order valence-electron chi connectivity index (χ1n) is 7.59. The lowest BCUT2D eigenvalue weighted by Crippen LogP contribution is -2.33. The van der Waals surface area contributed by atoms with E-state index in [4.69, 9.17) is 14.2 Å². The van der Waals surface area contributed by atoms with E-state index in [1.54, 1.807) is 0 Å². The summed E-state index contributed by atoms with van der Waals surface area (Å²) in [5, 5.41) is 3.60. The van der Waals surface area contributed by atoms with Crippen molar-refractivity contribution in [3.63, 3.8) is 0 Å². The summed E-state index contributed by atoms with van der Waals surface area (Å²) in [5.41, 5.74) is 1.27. The third kappa shape index (κ3) is 2.91. The lowest BCUT2D eigenvalue weighted by Gasteiger charge is -2.32. The molecule has 2 heterocycles. The molecule has 0 aliphatic carbocycles. The van der Waals surface area contributed by atoms with Crippen LogP contribution in [0.15, 0.2) is 18.2 Å². The van der Waals surface area contributed by atoms with Crippen LogP contribution in [0.5, 0.6) is 11.5 Å². The number of fused-ring (bicyclic) bond motifs is 1. The summed E-state index contributed by atoms with van der Waals surface area (Å²) in [6.07, 6.45) is 2.36. The summed E-state index contributed by atoms with van der Waals surface area (Å²) in [5.74, 6) is 2.26. The Hall–Kier alpha value is -1.26. The fraction of sp³-hybridized carbons (Fsp3) is 0.625. The van der Waals surface area contributed by atoms with Crippen LogP contribution in [-0.4, -0.2) is 33.0 Å². The average Bonchev–Trinajstić information content (AvgIpc) is 2.53. The average molecular weight is 277 g/mol. The second kappa shape index (κ2) is 6.46. The molecule has 0 bridgehead atoms. The molecule has 0 saturated carbocycles. The third-order valence-corrected chi connectivity index (χ3v) is 4.02. The minimum atomic E-state index is 0.330. The van der Waals surface area contributed by atoms with E-state index in [1.807, 2.05) is 6.07 Å². The van der Waals surface area contributed by atoms with Crippen LogP contribution in [0.3, 0.4) is 0 Å². The van der Waals surface area contributed by atoms with E-state index < -0.39 is 0 Å². The smallest absolute Gasteiger partial charge is 0.161 e. The van der Waals surface area contributed by atoms with Crippen LogP contribution >= 0.6 is 0 Å². The van der Waals surface area contributed by atoms with Gasteiger partial charge < -0.3 is 19.5 Å². The molecule has 0 aromatic heterocycles. The second-order valence-corrected chi connectivity index (χ2v) is 5.42. The predicted molar refractivity (Wildman–Crippen MR) is 77.4 cm³/mol. The lowest BCUT2D eigenvalue weighted by molar-refractivity contribution is 0.0392. The summed E-state index contributed by atoms with van der Waals surface area (Å²) in [6.45, 7) is 6.11. The summed E-state index contributed by atoms with van der Waals surface area (Å²) < 4.78 is 16.9. The SMILES string of the molecule is CCNC(c1ccc2c(c1)OCCO2)C1CCCOC1. The Bertz CT molecular complexity index is 443. The van der Waals surface area contributed by atoms with Gasteiger partial charge in [0.2, 0.25) is 0 Å². The van der Waals surface area contributed by atoms with Crippen LogP contribution in [0, 0.1) is 5.92 Å². The highest BCUT2D eigenvalue weighted by molar-refractivity contribution is 5.44. The Morgan fingerprint density at radius 2 is 2.05 bits per heavy atom. The number of ether oxygens (including phenoxy) is 3. The van der Waals surface area contributed by atoms with Gasteiger partial charge in [-0.05, 0) is 37.1 Å². The minimum absolute atomic E-state index is 0.330. The van der Waals surface area contributed by atoms with Gasteiger partial charge >= 0.3 is 0 Å². The molecule has 0 amide bonds. The van der Waals surface area contributed by atoms with E-state index in [0.717, 1.165) is 37.7 Å². The standard InChI is InChI=1S/C16H23NO3/c1-2-17-16(13-4-3-7-18-11-13)12-5-6-14-15(10-12)20-9-8-19-14/h5-6,10,13,16-17H,2-4,7-9,11H2,1H3. The Labute approximate surface area is 120 Å². The maximum Gasteiger partial charge on any atom is 0.161 e. The Balaban J connectivity index is 1.82. The molecule has 1 saturated heterocycles. The number of nitrogens with one attached hydrogen (secondary N) is 1. The fourth-order valence-corrected chi connectivity index (χ4v) is 3.06. The summed E-state index contributed by atoms with van der Waals surface area (Å²) in [6, 6.07) is 6.63. The Kier molecular flexibility index (Phi) is 4.43. The highest BCUT2D eigenvalue weighted by Crippen LogP contribution is 2.36. The molecule has 3 rings (SSSR count). The van der Waals surface area contributed by atoms with Crippen LogP contribution in [0.2, 0.25) is 0 Å². The quantitative estimate of drug-likeness (QED) is 0.918. The molecule has 1 fully saturated rings. The molecule has 20 heavy (non-hydrogen) atoms. The molecule has 2 unspecified atom stereocenters. The molecule has 110 valence electrons. The van der Waals surface area contributed by atoms with E-state index in [2.05, 4.69) is 24.4 Å². The first-order valence-corrected chi connectivity index (χ1v) is 7.59. The number of hydrogen-bond donors (Lipinski definition) is 1. The predicted octanol–water partition coefficient (Wildman–Crippen LogP) is 2.54. The van der Waals surface area contributed by atoms with Gasteiger partial charge in [-0.3, -0.25) is 0 Å². The number of benzene rings is 1. The zero-order chi connectivity index (χ0) is 13.8. The second-order valence-electron chi connectivity index (χ2n) is 5.42. The lowest BCUT2D eigenvalue weighted by atomic mass is 9.88. The highest BCUT2D eigenvalue weighted by atomic mass is 16.6. The summed E-state index contributed by atoms with van der Waals surface area (Å²) >= 11 is 0. The van der Waals surface area contributed by atoms with Crippen molar-refractivity contribution in [1.82, 2.24) is 5.32 Å². The van der Waals surface area contributed by atoms with Gasteiger partial charge in [0.1, 0.15) is 13.2 Å². The number of hydrogen-bond acceptors (Lipinski definition) is 4. The van der Waals surface area contributed by atoms with Crippen LogP contribution in [-0.2, 0) is 4.74 Å². The normalized spacial score (nSPS) is 23.4. The van der Waals surface area contributed by atoms with E-state index in [9.17, 15) is 0 Å². The van der Waals surface area contributed by atoms with E-state index in [0.29, 0.717) is 25.2 Å². The molecule has 0 spiro atoms. The molecule has 4 nitrogen and oxygen atoms in total. The highest BCUT2D eigenvalue weighted by Gasteiger charge is 2.26. The molecule has 2 atom stereocenters. The monoisotopic (exact) mass is 277 g/mol. The van der Waals surface area contributed by atoms with Crippen LogP contribution in [0.4, 0.5) is 0 Å². The fourth-order valence-electron chi connectivity index (χ4n) is 3.06. The van der Waals surface area contributed by atoms with Crippen molar-refractivity contribution in [2.24, 2.45) is 5.92 Å². The molecule has 1 aromatic carbocycles. The molecular weight excluding hydrogens is 254 g/mol. The van der Waals surface area contributed by atoms with Crippen molar-refractivity contribution in [3.8, 4) is 11.5 Å². The van der Waals surface area contributed by atoms with Crippen LogP contribution in [0.25, 0.3) is 0 Å². The summed E-state index contributed by atoms with van der Waals surface area (Å²) in [7, 11) is 0. The van der Waals surface area contributed by atoms with Crippen LogP contribution < -0.4 is 14.8 Å². The van der Waals surface area contributed by atoms with Gasteiger partial charge in [0, 0.05) is 18.6 Å². The molecule has 1 aromatic rings. The van der Waals surface area contributed by atoms with Crippen molar-refractivity contribution < 1.29 is 14.2 Å². The molecule has 2 aliphatic heterocycles.